The van der Waals surface area contributed by atoms with Crippen LogP contribution in [0.25, 0.3) is 11.6 Å². The smallest absolute Gasteiger partial charge is 0.115 e. The van der Waals surface area contributed by atoms with Crippen molar-refractivity contribution in [1.29, 1.82) is 0 Å². The fourth-order valence-electron chi connectivity index (χ4n) is 1.61. The summed E-state index contributed by atoms with van der Waals surface area (Å²) in [7, 11) is 0. The quantitative estimate of drug-likeness (QED) is 0.744. The molecule has 0 radical (unpaired) electrons. The van der Waals surface area contributed by atoms with Crippen LogP contribution in [0.1, 0.15) is 18.1 Å². The highest BCUT2D eigenvalue weighted by Gasteiger charge is 1.96. The minimum atomic E-state index is 0.302. The van der Waals surface area contributed by atoms with Crippen molar-refractivity contribution in [1.82, 2.24) is 0 Å². The fourth-order valence-corrected chi connectivity index (χ4v) is 1.61. The SMILES string of the molecule is CC(=Cc1ccccc1)c1ccc(O)cc1. The molecule has 0 unspecified atom stereocenters. The lowest BCUT2D eigenvalue weighted by molar-refractivity contribution is 0.475. The van der Waals surface area contributed by atoms with Gasteiger partial charge in [-0.3, -0.25) is 0 Å². The second kappa shape index (κ2) is 4.67. The lowest BCUT2D eigenvalue weighted by Gasteiger charge is -2.02. The molecule has 0 saturated carbocycles. The van der Waals surface area contributed by atoms with Gasteiger partial charge in [0.2, 0.25) is 0 Å². The molecule has 16 heavy (non-hydrogen) atoms. The zero-order chi connectivity index (χ0) is 11.4. The van der Waals surface area contributed by atoms with Gasteiger partial charge in [0.15, 0.2) is 0 Å². The first-order valence-electron chi connectivity index (χ1n) is 5.28. The minimum Gasteiger partial charge on any atom is -0.508 e. The zero-order valence-electron chi connectivity index (χ0n) is 9.22. The summed E-state index contributed by atoms with van der Waals surface area (Å²) in [6, 6.07) is 17.5. The summed E-state index contributed by atoms with van der Waals surface area (Å²) < 4.78 is 0. The molecule has 0 heterocycles. The van der Waals surface area contributed by atoms with Crippen LogP contribution in [0.5, 0.6) is 5.75 Å². The van der Waals surface area contributed by atoms with Gasteiger partial charge in [-0.1, -0.05) is 48.5 Å². The van der Waals surface area contributed by atoms with Crippen LogP contribution >= 0.6 is 0 Å². The highest BCUT2D eigenvalue weighted by Crippen LogP contribution is 2.19. The lowest BCUT2D eigenvalue weighted by atomic mass is 10.0. The molecule has 2 aromatic rings. The molecule has 0 aliphatic carbocycles. The third kappa shape index (κ3) is 2.51. The van der Waals surface area contributed by atoms with E-state index in [-0.39, 0.29) is 0 Å². The van der Waals surface area contributed by atoms with Crippen LogP contribution in [0.3, 0.4) is 0 Å². The molecule has 0 aromatic heterocycles. The summed E-state index contributed by atoms with van der Waals surface area (Å²) in [6.07, 6.45) is 2.13. The summed E-state index contributed by atoms with van der Waals surface area (Å²) in [4.78, 5) is 0. The third-order valence-corrected chi connectivity index (χ3v) is 2.51. The predicted octanol–water partition coefficient (Wildman–Crippen LogP) is 3.95. The van der Waals surface area contributed by atoms with Crippen molar-refractivity contribution in [2.75, 3.05) is 0 Å². The van der Waals surface area contributed by atoms with Gasteiger partial charge in [-0.15, -0.1) is 0 Å². The predicted molar refractivity (Wildman–Crippen MR) is 68.1 cm³/mol. The molecule has 0 amide bonds. The standard InChI is InChI=1S/C15H14O/c1-12(11-13-5-3-2-4-6-13)14-7-9-15(16)10-8-14/h2-11,16H,1H3. The molecule has 1 nitrogen and oxygen atoms in total. The van der Waals surface area contributed by atoms with Crippen LogP contribution in [-0.4, -0.2) is 5.11 Å². The van der Waals surface area contributed by atoms with E-state index in [1.54, 1.807) is 12.1 Å². The number of hydrogen-bond acceptors (Lipinski definition) is 1. The Labute approximate surface area is 95.7 Å². The van der Waals surface area contributed by atoms with E-state index in [4.69, 9.17) is 0 Å². The van der Waals surface area contributed by atoms with Gasteiger partial charge in [-0.05, 0) is 35.8 Å². The van der Waals surface area contributed by atoms with Crippen molar-refractivity contribution >= 4 is 11.6 Å². The third-order valence-electron chi connectivity index (χ3n) is 2.51. The molecule has 0 fully saturated rings. The fraction of sp³-hybridized carbons (Fsp3) is 0.0667. The van der Waals surface area contributed by atoms with E-state index in [1.165, 1.54) is 11.1 Å². The Kier molecular flexibility index (Phi) is 3.06. The van der Waals surface area contributed by atoms with E-state index in [9.17, 15) is 5.11 Å². The molecular formula is C15H14O. The van der Waals surface area contributed by atoms with Gasteiger partial charge in [-0.2, -0.15) is 0 Å². The second-order valence-corrected chi connectivity index (χ2v) is 3.78. The Balaban J connectivity index is 2.28. The highest BCUT2D eigenvalue weighted by molar-refractivity contribution is 5.80. The molecular weight excluding hydrogens is 196 g/mol. The monoisotopic (exact) mass is 210 g/mol. The molecule has 0 spiro atoms. The molecule has 80 valence electrons. The summed E-state index contributed by atoms with van der Waals surface area (Å²) >= 11 is 0. The first-order chi connectivity index (χ1) is 7.75. The van der Waals surface area contributed by atoms with Gasteiger partial charge >= 0.3 is 0 Å². The number of phenolic OH excluding ortho intramolecular Hbond substituents is 1. The second-order valence-electron chi connectivity index (χ2n) is 3.78. The van der Waals surface area contributed by atoms with Crippen molar-refractivity contribution in [3.05, 3.63) is 65.7 Å². The topological polar surface area (TPSA) is 20.2 Å². The van der Waals surface area contributed by atoms with Gasteiger partial charge in [0.25, 0.3) is 0 Å². The van der Waals surface area contributed by atoms with Crippen molar-refractivity contribution < 1.29 is 5.11 Å². The van der Waals surface area contributed by atoms with Gasteiger partial charge in [0.1, 0.15) is 5.75 Å². The number of rotatable bonds is 2. The Morgan fingerprint density at radius 3 is 2.19 bits per heavy atom. The van der Waals surface area contributed by atoms with E-state index in [1.807, 2.05) is 30.3 Å². The van der Waals surface area contributed by atoms with Crippen LogP contribution in [0, 0.1) is 0 Å². The molecule has 0 aliphatic heterocycles. The van der Waals surface area contributed by atoms with Gasteiger partial charge in [0.05, 0.1) is 0 Å². The zero-order valence-corrected chi connectivity index (χ0v) is 9.22. The molecule has 2 rings (SSSR count). The van der Waals surface area contributed by atoms with Crippen molar-refractivity contribution in [3.8, 4) is 5.75 Å². The average molecular weight is 210 g/mol. The number of allylic oxidation sites excluding steroid dienone is 1. The summed E-state index contributed by atoms with van der Waals surface area (Å²) in [6.45, 7) is 2.07. The molecule has 0 atom stereocenters. The first-order valence-corrected chi connectivity index (χ1v) is 5.28. The first kappa shape index (κ1) is 10.5. The summed E-state index contributed by atoms with van der Waals surface area (Å²) in [5.74, 6) is 0.302. The molecule has 0 saturated heterocycles. The van der Waals surface area contributed by atoms with Crippen LogP contribution in [0.4, 0.5) is 0 Å². The van der Waals surface area contributed by atoms with Crippen LogP contribution in [-0.2, 0) is 0 Å². The Hall–Kier alpha value is -2.02. The largest absolute Gasteiger partial charge is 0.508 e. The van der Waals surface area contributed by atoms with Crippen LogP contribution in [0.15, 0.2) is 54.6 Å². The summed E-state index contributed by atoms with van der Waals surface area (Å²) in [5.41, 5.74) is 3.50. The Bertz CT molecular complexity index is 481. The number of phenols is 1. The maximum absolute atomic E-state index is 9.21. The normalized spacial score (nSPS) is 11.4. The van der Waals surface area contributed by atoms with E-state index in [2.05, 4.69) is 25.1 Å². The summed E-state index contributed by atoms with van der Waals surface area (Å²) in [5, 5.41) is 9.21. The van der Waals surface area contributed by atoms with E-state index in [0.717, 1.165) is 5.56 Å². The number of hydrogen-bond donors (Lipinski definition) is 1. The van der Waals surface area contributed by atoms with Crippen LogP contribution in [0.2, 0.25) is 0 Å². The van der Waals surface area contributed by atoms with Crippen molar-refractivity contribution in [3.63, 3.8) is 0 Å². The maximum atomic E-state index is 9.21. The van der Waals surface area contributed by atoms with Gasteiger partial charge in [0, 0.05) is 0 Å². The number of aromatic hydroxyl groups is 1. The average Bonchev–Trinajstić information content (AvgIpc) is 2.31. The highest BCUT2D eigenvalue weighted by atomic mass is 16.3. The Morgan fingerprint density at radius 1 is 0.938 bits per heavy atom. The maximum Gasteiger partial charge on any atom is 0.115 e. The molecule has 0 bridgehead atoms. The molecule has 2 aromatic carbocycles. The van der Waals surface area contributed by atoms with Crippen LogP contribution < -0.4 is 0 Å². The van der Waals surface area contributed by atoms with E-state index in [0.29, 0.717) is 5.75 Å². The minimum absolute atomic E-state index is 0.302. The lowest BCUT2D eigenvalue weighted by Crippen LogP contribution is -1.79. The van der Waals surface area contributed by atoms with E-state index >= 15 is 0 Å². The molecule has 1 heteroatoms. The van der Waals surface area contributed by atoms with E-state index < -0.39 is 0 Å². The van der Waals surface area contributed by atoms with Crippen molar-refractivity contribution in [2.24, 2.45) is 0 Å². The van der Waals surface area contributed by atoms with Crippen molar-refractivity contribution in [2.45, 2.75) is 6.92 Å². The number of benzene rings is 2. The molecule has 1 N–H and O–H groups in total. The Morgan fingerprint density at radius 2 is 1.56 bits per heavy atom. The molecule has 0 aliphatic rings. The van der Waals surface area contributed by atoms with Gasteiger partial charge in [-0.25, -0.2) is 0 Å². The van der Waals surface area contributed by atoms with Gasteiger partial charge < -0.3 is 5.11 Å².